The molecule has 3 aliphatic heterocycles. The maximum Gasteiger partial charge on any atom is 0.335 e. The lowest BCUT2D eigenvalue weighted by atomic mass is 9.91. The van der Waals surface area contributed by atoms with Crippen molar-refractivity contribution in [3.8, 4) is 0 Å². The number of ketones is 1. The minimum absolute atomic E-state index is 0.00689. The van der Waals surface area contributed by atoms with Crippen molar-refractivity contribution < 1.29 is 96.5 Å². The molecule has 9 rings (SSSR count). The Balaban J connectivity index is 0.760. The number of amides is 6. The summed E-state index contributed by atoms with van der Waals surface area (Å²) in [4.78, 5) is 111. The number of imide groups is 2. The van der Waals surface area contributed by atoms with Crippen LogP contribution in [-0.4, -0.2) is 198 Å². The molecular formula is C63H72N7O20S3+. The van der Waals surface area contributed by atoms with Crippen molar-refractivity contribution in [3.05, 3.63) is 119 Å². The van der Waals surface area contributed by atoms with Gasteiger partial charge >= 0.3 is 5.97 Å². The van der Waals surface area contributed by atoms with Crippen molar-refractivity contribution in [1.29, 1.82) is 0 Å². The number of hydrogen-bond acceptors (Lipinski definition) is 20. The van der Waals surface area contributed by atoms with Gasteiger partial charge < -0.3 is 34.4 Å². The first-order valence-corrected chi connectivity index (χ1v) is 34.7. The van der Waals surface area contributed by atoms with Gasteiger partial charge in [-0.2, -0.15) is 17.3 Å². The van der Waals surface area contributed by atoms with E-state index < -0.39 is 83.0 Å². The van der Waals surface area contributed by atoms with Crippen LogP contribution in [0.4, 0.5) is 5.69 Å². The van der Waals surface area contributed by atoms with E-state index in [-0.39, 0.29) is 187 Å². The van der Waals surface area contributed by atoms with E-state index in [1.165, 1.54) is 33.5 Å². The molecule has 0 spiro atoms. The molecule has 0 aliphatic carbocycles. The Kier molecular flexibility index (Phi) is 22.5. The Labute approximate surface area is 537 Å². The van der Waals surface area contributed by atoms with Crippen LogP contribution in [0.25, 0.3) is 32.6 Å². The van der Waals surface area contributed by atoms with Crippen molar-refractivity contribution in [1.82, 2.24) is 23.5 Å². The molecule has 93 heavy (non-hydrogen) atoms. The van der Waals surface area contributed by atoms with E-state index in [1.54, 1.807) is 74.5 Å². The SMILES string of the molecule is Cc1ccc(S(=O)(=O)N(CCCC(=O)CCCOCCOCCOCCOCCC(=O)ON2C(=O)CCC2=O)C(=O)c2c3ccccc3[n+](CCCS(=O)(=O)N3CCN(C(=O)CN4C(=O)c5cc(C)cc6c(N)c(S(=O)(=O)O)cc(c56)C4=O)CC3)c3ccccc23)cc1. The van der Waals surface area contributed by atoms with Gasteiger partial charge in [0, 0.05) is 99.9 Å². The number of fused-ring (bicyclic) bond motifs is 2. The van der Waals surface area contributed by atoms with Crippen molar-refractivity contribution in [2.75, 3.05) is 104 Å². The van der Waals surface area contributed by atoms with Crippen molar-refractivity contribution >= 4 is 116 Å². The van der Waals surface area contributed by atoms with E-state index in [9.17, 15) is 63.4 Å². The van der Waals surface area contributed by atoms with E-state index in [2.05, 4.69) is 0 Å². The van der Waals surface area contributed by atoms with Gasteiger partial charge in [0.15, 0.2) is 6.54 Å². The van der Waals surface area contributed by atoms with Gasteiger partial charge in [0.05, 0.1) is 90.9 Å². The second-order valence-electron chi connectivity index (χ2n) is 22.4. The molecule has 3 N–H and O–H groups in total. The summed E-state index contributed by atoms with van der Waals surface area (Å²) in [5.74, 6) is -5.63. The number of nitrogen functional groups attached to an aromatic ring is 1. The van der Waals surface area contributed by atoms with E-state index in [1.807, 2.05) is 4.57 Å². The standard InChI is InChI=1S/C63H71N7O20S3/c1-42-16-18-45(19-17-42)92(81,82)69(24-7-10-44(71)11-8-29-86-31-33-88-35-36-89-34-32-87-30-22-57(75)90-70-54(72)20-21-55(70)73)63(78)59-46-12-3-5-14-51(46)67(52-15-6-4-13-47(52)59)23-9-37-91(79,80)66-27-25-65(26-28-66)56(74)41-68-61(76)49-39-43(2)38-48-58(49)50(62(68)77)40-53(60(48)64)93(83,84)85/h3-6,12-19,38-40H,7-11,20-37,41H2,1-2H3,(H2-,64,76,77,83,84,85)/p+1. The fourth-order valence-corrected chi connectivity index (χ4v) is 14.8. The number of rotatable bonds is 32. The van der Waals surface area contributed by atoms with Gasteiger partial charge in [-0.05, 0) is 74.7 Å². The third-order valence-electron chi connectivity index (χ3n) is 16.0. The van der Waals surface area contributed by atoms with Crippen molar-refractivity contribution in [3.63, 3.8) is 0 Å². The van der Waals surface area contributed by atoms with Crippen LogP contribution in [-0.2, 0) is 84.5 Å². The highest BCUT2D eigenvalue weighted by atomic mass is 32.2. The summed E-state index contributed by atoms with van der Waals surface area (Å²) in [5, 5.41) is 1.44. The van der Waals surface area contributed by atoms with Crippen LogP contribution in [0.3, 0.4) is 0 Å². The number of para-hydroxylation sites is 2. The lowest BCUT2D eigenvalue weighted by Gasteiger charge is -2.35. The molecule has 2 fully saturated rings. The Morgan fingerprint density at radius 3 is 1.76 bits per heavy atom. The molecule has 0 bridgehead atoms. The van der Waals surface area contributed by atoms with E-state index >= 15 is 4.79 Å². The molecule has 3 aliphatic rings. The number of nitrogens with two attached hydrogens (primary N) is 1. The molecule has 27 nitrogen and oxygen atoms in total. The summed E-state index contributed by atoms with van der Waals surface area (Å²) in [6, 6.07) is 23.8. The number of carbonyl (C=O) groups excluding carboxylic acids is 8. The number of Topliss-reactive ketones (excluding diaryl/α,β-unsaturated/α-hetero) is 1. The predicted octanol–water partition coefficient (Wildman–Crippen LogP) is 4.06. The lowest BCUT2D eigenvalue weighted by Crippen LogP contribution is -2.54. The number of hydrogen-bond donors (Lipinski definition) is 2. The number of sulfonamides is 2. The van der Waals surface area contributed by atoms with Gasteiger partial charge in [0.2, 0.25) is 27.0 Å². The fraction of sp³-hybridized carbons (Fsp3) is 0.413. The predicted molar refractivity (Wildman–Crippen MR) is 334 cm³/mol. The van der Waals surface area contributed by atoms with Crippen LogP contribution in [0.1, 0.15) is 93.6 Å². The number of carbonyl (C=O) groups is 8. The largest absolute Gasteiger partial charge is 0.397 e. The topological polar surface area (TPSA) is 351 Å². The molecular weight excluding hydrogens is 1270 g/mol. The van der Waals surface area contributed by atoms with Gasteiger partial charge in [-0.3, -0.25) is 43.0 Å². The van der Waals surface area contributed by atoms with Crippen LogP contribution < -0.4 is 10.3 Å². The minimum Gasteiger partial charge on any atom is -0.397 e. The Hall–Kier alpha value is -8.20. The number of hydroxylamine groups is 2. The molecule has 6 amide bonds. The summed E-state index contributed by atoms with van der Waals surface area (Å²) in [5.41, 5.74) is 7.94. The molecule has 0 atom stereocenters. The van der Waals surface area contributed by atoms with Crippen LogP contribution in [0.15, 0.2) is 101 Å². The lowest BCUT2D eigenvalue weighted by molar-refractivity contribution is -0.645. The molecule has 2 saturated heterocycles. The first-order valence-electron chi connectivity index (χ1n) is 30.2. The zero-order valence-electron chi connectivity index (χ0n) is 51.3. The van der Waals surface area contributed by atoms with Gasteiger partial charge in [0.25, 0.3) is 49.7 Å². The third kappa shape index (κ3) is 16.2. The Morgan fingerprint density at radius 1 is 0.624 bits per heavy atom. The van der Waals surface area contributed by atoms with Gasteiger partial charge in [0.1, 0.15) is 17.2 Å². The fourth-order valence-electron chi connectivity index (χ4n) is 11.3. The number of benzene rings is 5. The average Bonchev–Trinajstić information content (AvgIpc) is 1.06. The summed E-state index contributed by atoms with van der Waals surface area (Å²) >= 11 is 0. The summed E-state index contributed by atoms with van der Waals surface area (Å²) in [6.07, 6.45) is 0.498. The van der Waals surface area contributed by atoms with E-state index in [4.69, 9.17) is 29.5 Å². The third-order valence-corrected chi connectivity index (χ3v) is 20.6. The summed E-state index contributed by atoms with van der Waals surface area (Å²) in [7, 11) is -13.4. The van der Waals surface area contributed by atoms with Gasteiger partial charge in [-0.1, -0.05) is 42.0 Å². The molecule has 0 radical (unpaired) electrons. The molecule has 4 heterocycles. The number of pyridine rings is 1. The normalized spacial score (nSPS) is 14.9. The number of ether oxygens (including phenoxy) is 4. The summed E-state index contributed by atoms with van der Waals surface area (Å²) < 4.78 is 118. The van der Waals surface area contributed by atoms with Crippen molar-refractivity contribution in [2.45, 2.75) is 81.5 Å². The summed E-state index contributed by atoms with van der Waals surface area (Å²) in [6.45, 7) is 3.95. The van der Waals surface area contributed by atoms with Gasteiger partial charge in [-0.25, -0.2) is 25.9 Å². The molecule has 496 valence electrons. The first kappa shape index (κ1) is 69.1. The molecule has 0 saturated carbocycles. The number of piperazine rings is 1. The van der Waals surface area contributed by atoms with Crippen LogP contribution in [0.2, 0.25) is 0 Å². The minimum atomic E-state index is -4.91. The van der Waals surface area contributed by atoms with Crippen LogP contribution in [0, 0.1) is 13.8 Å². The maximum absolute atomic E-state index is 15.2. The monoisotopic (exact) mass is 1340 g/mol. The highest BCUT2D eigenvalue weighted by Gasteiger charge is 2.40. The Morgan fingerprint density at radius 2 is 1.17 bits per heavy atom. The van der Waals surface area contributed by atoms with E-state index in [0.29, 0.717) is 43.8 Å². The molecule has 30 heteroatoms. The first-order chi connectivity index (χ1) is 44.4. The molecule has 1 aromatic heterocycles. The number of anilines is 1. The smallest absolute Gasteiger partial charge is 0.335 e. The second-order valence-corrected chi connectivity index (χ2v) is 27.8. The second kappa shape index (κ2) is 30.3. The number of nitrogens with zero attached hydrogens (tertiary/aromatic N) is 6. The molecule has 0 unspecified atom stereocenters. The molecule has 5 aromatic carbocycles. The highest BCUT2D eigenvalue weighted by Crippen LogP contribution is 2.38. The number of aromatic nitrogens is 1. The van der Waals surface area contributed by atoms with Crippen molar-refractivity contribution in [2.24, 2.45) is 0 Å². The van der Waals surface area contributed by atoms with E-state index in [0.717, 1.165) is 15.9 Å². The zero-order chi connectivity index (χ0) is 66.8. The quantitative estimate of drug-likeness (QED) is 0.0150. The van der Waals surface area contributed by atoms with Crippen LogP contribution in [0.5, 0.6) is 0 Å². The van der Waals surface area contributed by atoms with Gasteiger partial charge in [-0.15, -0.1) is 5.06 Å². The highest BCUT2D eigenvalue weighted by molar-refractivity contribution is 7.89. The molecule has 6 aromatic rings. The zero-order valence-corrected chi connectivity index (χ0v) is 53.8. The van der Waals surface area contributed by atoms with Crippen LogP contribution >= 0.6 is 0 Å². The maximum atomic E-state index is 15.2. The average molecular weight is 1340 g/mol. The number of aryl methyl sites for hydroxylation is 3. The Bertz CT molecular complexity index is 4180.